The van der Waals surface area contributed by atoms with E-state index in [0.29, 0.717) is 23.0 Å². The lowest BCUT2D eigenvalue weighted by molar-refractivity contribution is 0.183. The summed E-state index contributed by atoms with van der Waals surface area (Å²) in [6, 6.07) is 8.88. The standard InChI is InChI=1S/C22H20F2N4O5S/c1-12-25-20(28-33-12)13-4-6-14(7-5-13)26-19(21(34-3)27-22(30)31-2)16-10-15(32-9-8-23)11-17(29)18(16)24/h4-7,10-11,29H,8-9H2,1-3H3/b26-19+,27-21-. The van der Waals surface area contributed by atoms with Gasteiger partial charge in [-0.05, 0) is 36.6 Å². The van der Waals surface area contributed by atoms with E-state index in [-0.39, 0.29) is 28.7 Å². The molecular formula is C22H20F2N4O5S. The van der Waals surface area contributed by atoms with Gasteiger partial charge in [0, 0.05) is 24.1 Å². The molecule has 1 N–H and O–H groups in total. The third-order valence-electron chi connectivity index (χ3n) is 4.29. The molecule has 3 rings (SSSR count). The van der Waals surface area contributed by atoms with Gasteiger partial charge in [-0.2, -0.15) is 9.98 Å². The van der Waals surface area contributed by atoms with Gasteiger partial charge in [-0.25, -0.2) is 18.6 Å². The van der Waals surface area contributed by atoms with Crippen LogP contribution in [0.25, 0.3) is 11.4 Å². The zero-order valence-corrected chi connectivity index (χ0v) is 19.2. The van der Waals surface area contributed by atoms with Crippen molar-refractivity contribution < 1.29 is 32.7 Å². The van der Waals surface area contributed by atoms with Gasteiger partial charge in [0.2, 0.25) is 11.7 Å². The molecule has 2 aromatic carbocycles. The molecular weight excluding hydrogens is 470 g/mol. The fourth-order valence-corrected chi connectivity index (χ4v) is 3.29. The van der Waals surface area contributed by atoms with Crippen LogP contribution in [0.5, 0.6) is 11.5 Å². The number of aryl methyl sites for hydroxylation is 1. The van der Waals surface area contributed by atoms with Crippen molar-refractivity contribution in [1.82, 2.24) is 10.1 Å². The van der Waals surface area contributed by atoms with Gasteiger partial charge in [-0.1, -0.05) is 5.16 Å². The molecule has 178 valence electrons. The van der Waals surface area contributed by atoms with Crippen LogP contribution in [-0.2, 0) is 4.74 Å². The number of aromatic nitrogens is 2. The Morgan fingerprint density at radius 3 is 2.59 bits per heavy atom. The van der Waals surface area contributed by atoms with Crippen LogP contribution in [0.1, 0.15) is 11.5 Å². The number of aliphatic imine (C=N–C) groups is 2. The number of hydrogen-bond acceptors (Lipinski definition) is 9. The number of methoxy groups -OCH3 is 1. The zero-order valence-electron chi connectivity index (χ0n) is 18.4. The summed E-state index contributed by atoms with van der Waals surface area (Å²) in [5.74, 6) is -0.940. The van der Waals surface area contributed by atoms with Crippen molar-refractivity contribution in [2.24, 2.45) is 9.98 Å². The van der Waals surface area contributed by atoms with Gasteiger partial charge < -0.3 is 19.1 Å². The van der Waals surface area contributed by atoms with Crippen LogP contribution in [0.2, 0.25) is 0 Å². The highest BCUT2D eigenvalue weighted by Gasteiger charge is 2.22. The number of rotatable bonds is 7. The average Bonchev–Trinajstić information content (AvgIpc) is 3.28. The molecule has 1 amide bonds. The molecule has 0 atom stereocenters. The van der Waals surface area contributed by atoms with Gasteiger partial charge >= 0.3 is 6.09 Å². The lowest BCUT2D eigenvalue weighted by Gasteiger charge is -2.13. The predicted octanol–water partition coefficient (Wildman–Crippen LogP) is 4.89. The predicted molar refractivity (Wildman–Crippen MR) is 124 cm³/mol. The first-order chi connectivity index (χ1) is 16.4. The quantitative estimate of drug-likeness (QED) is 0.367. The Balaban J connectivity index is 2.13. The molecule has 0 aliphatic rings. The van der Waals surface area contributed by atoms with E-state index < -0.39 is 24.3 Å². The lowest BCUT2D eigenvalue weighted by Crippen LogP contribution is -2.16. The number of benzene rings is 2. The molecule has 0 spiro atoms. The molecule has 3 aromatic rings. The number of ether oxygens (including phenoxy) is 2. The van der Waals surface area contributed by atoms with Gasteiger partial charge in [0.1, 0.15) is 29.8 Å². The minimum absolute atomic E-state index is 0.0144. The Labute approximate surface area is 197 Å². The Bertz CT molecular complexity index is 1230. The van der Waals surface area contributed by atoms with E-state index in [9.17, 15) is 18.7 Å². The maximum atomic E-state index is 15.0. The highest BCUT2D eigenvalue weighted by Crippen LogP contribution is 2.30. The molecule has 0 unspecified atom stereocenters. The summed E-state index contributed by atoms with van der Waals surface area (Å²) in [6.45, 7) is 0.599. The van der Waals surface area contributed by atoms with E-state index in [1.807, 2.05) is 0 Å². The molecule has 0 saturated heterocycles. The largest absolute Gasteiger partial charge is 0.505 e. The summed E-state index contributed by atoms with van der Waals surface area (Å²) < 4.78 is 42.3. The number of carbonyl (C=O) groups excluding carboxylic acids is 1. The second-order valence-electron chi connectivity index (χ2n) is 6.58. The van der Waals surface area contributed by atoms with Crippen LogP contribution in [0.3, 0.4) is 0 Å². The van der Waals surface area contributed by atoms with Crippen LogP contribution in [0.4, 0.5) is 19.3 Å². The van der Waals surface area contributed by atoms with E-state index in [4.69, 9.17) is 9.26 Å². The SMILES string of the molecule is COC(=O)/N=C(SC)/C(=N/c1ccc(-c2noc(C)n2)cc1)c1cc(OCCF)cc(O)c1F. The van der Waals surface area contributed by atoms with E-state index in [1.54, 1.807) is 37.4 Å². The van der Waals surface area contributed by atoms with Crippen molar-refractivity contribution in [3.63, 3.8) is 0 Å². The first-order valence-corrected chi connectivity index (χ1v) is 11.0. The van der Waals surface area contributed by atoms with Crippen molar-refractivity contribution >= 4 is 34.3 Å². The van der Waals surface area contributed by atoms with Gasteiger partial charge in [0.05, 0.1) is 12.8 Å². The lowest BCUT2D eigenvalue weighted by atomic mass is 10.1. The van der Waals surface area contributed by atoms with E-state index in [2.05, 4.69) is 24.9 Å². The molecule has 0 radical (unpaired) electrons. The van der Waals surface area contributed by atoms with Crippen molar-refractivity contribution in [2.45, 2.75) is 6.92 Å². The summed E-state index contributed by atoms with van der Waals surface area (Å²) in [6.07, 6.45) is 0.689. The molecule has 0 aliphatic heterocycles. The maximum absolute atomic E-state index is 15.0. The van der Waals surface area contributed by atoms with Crippen LogP contribution in [-0.4, -0.2) is 58.7 Å². The summed E-state index contributed by atoms with van der Waals surface area (Å²) >= 11 is 1.01. The number of thioether (sulfide) groups is 1. The number of halogens is 2. The number of hydrogen-bond donors (Lipinski definition) is 1. The Morgan fingerprint density at radius 2 is 2.00 bits per heavy atom. The smallest absolute Gasteiger partial charge is 0.434 e. The summed E-state index contributed by atoms with van der Waals surface area (Å²) in [5.41, 5.74) is 0.763. The van der Waals surface area contributed by atoms with Crippen LogP contribution >= 0.6 is 11.8 Å². The summed E-state index contributed by atoms with van der Waals surface area (Å²) in [7, 11) is 1.15. The van der Waals surface area contributed by atoms with Crippen molar-refractivity contribution in [3.05, 3.63) is 53.7 Å². The number of alkyl halides is 1. The molecule has 1 aromatic heterocycles. The molecule has 34 heavy (non-hydrogen) atoms. The Morgan fingerprint density at radius 1 is 1.26 bits per heavy atom. The average molecular weight is 490 g/mol. The highest BCUT2D eigenvalue weighted by atomic mass is 32.2. The molecule has 0 fully saturated rings. The van der Waals surface area contributed by atoms with Gasteiger partial charge in [0.15, 0.2) is 11.6 Å². The van der Waals surface area contributed by atoms with E-state index in [1.165, 1.54) is 6.07 Å². The fourth-order valence-electron chi connectivity index (χ4n) is 2.77. The minimum Gasteiger partial charge on any atom is -0.505 e. The summed E-state index contributed by atoms with van der Waals surface area (Å²) in [5, 5.41) is 13.9. The fraction of sp³-hybridized carbons (Fsp3) is 0.227. The van der Waals surface area contributed by atoms with Crippen molar-refractivity contribution in [3.8, 4) is 22.9 Å². The summed E-state index contributed by atoms with van der Waals surface area (Å²) in [4.78, 5) is 24.3. The van der Waals surface area contributed by atoms with Gasteiger partial charge in [-0.3, -0.25) is 0 Å². The second-order valence-corrected chi connectivity index (χ2v) is 7.37. The van der Waals surface area contributed by atoms with E-state index >= 15 is 0 Å². The molecule has 12 heteroatoms. The van der Waals surface area contributed by atoms with Crippen LogP contribution in [0, 0.1) is 12.7 Å². The zero-order chi connectivity index (χ0) is 24.7. The molecule has 0 bridgehead atoms. The number of phenols is 1. The Hall–Kier alpha value is -3.80. The molecule has 0 aliphatic carbocycles. The normalized spacial score (nSPS) is 12.0. The number of nitrogens with zero attached hydrogens (tertiary/aromatic N) is 4. The van der Waals surface area contributed by atoms with Crippen molar-refractivity contribution in [1.29, 1.82) is 0 Å². The van der Waals surface area contributed by atoms with Crippen LogP contribution in [0.15, 0.2) is 50.9 Å². The minimum atomic E-state index is -1.02. The Kier molecular flexibility index (Phi) is 8.30. The van der Waals surface area contributed by atoms with E-state index in [0.717, 1.165) is 24.9 Å². The highest BCUT2D eigenvalue weighted by molar-refractivity contribution is 8.15. The van der Waals surface area contributed by atoms with Gasteiger partial charge in [-0.15, -0.1) is 11.8 Å². The monoisotopic (exact) mass is 490 g/mol. The third-order valence-corrected chi connectivity index (χ3v) is 4.96. The molecule has 0 saturated carbocycles. The van der Waals surface area contributed by atoms with Gasteiger partial charge in [0.25, 0.3) is 0 Å². The molecule has 9 nitrogen and oxygen atoms in total. The first-order valence-electron chi connectivity index (χ1n) is 9.78. The molecule has 1 heterocycles. The topological polar surface area (TPSA) is 119 Å². The number of phenolic OH excluding ortho intramolecular Hbond substituents is 1. The number of amides is 1. The number of aromatic hydroxyl groups is 1. The second kappa shape index (κ2) is 11.4. The first kappa shape index (κ1) is 24.8. The maximum Gasteiger partial charge on any atom is 0.434 e. The van der Waals surface area contributed by atoms with Crippen LogP contribution < -0.4 is 4.74 Å². The third kappa shape index (κ3) is 5.95. The number of carbonyl (C=O) groups is 1. The van der Waals surface area contributed by atoms with Crippen molar-refractivity contribution in [2.75, 3.05) is 26.6 Å².